The summed E-state index contributed by atoms with van der Waals surface area (Å²) in [5.41, 5.74) is 6.45. The van der Waals surface area contributed by atoms with E-state index < -0.39 is 0 Å². The van der Waals surface area contributed by atoms with Gasteiger partial charge in [0.1, 0.15) is 0 Å². The molecular formula is C7H7ClN4S. The molecule has 2 heterocycles. The molecule has 0 saturated heterocycles. The smallest absolute Gasteiger partial charge is 0.218 e. The molecule has 2 rings (SSSR count). The van der Waals surface area contributed by atoms with Crippen LogP contribution in [0, 0.1) is 0 Å². The normalized spacial score (nSPS) is 10.6. The lowest BCUT2D eigenvalue weighted by Crippen LogP contribution is -1.97. The van der Waals surface area contributed by atoms with Gasteiger partial charge in [-0.3, -0.25) is 0 Å². The summed E-state index contributed by atoms with van der Waals surface area (Å²) in [5.74, 6) is 1.01. The summed E-state index contributed by atoms with van der Waals surface area (Å²) in [4.78, 5) is 4.07. The molecule has 0 amide bonds. The maximum absolute atomic E-state index is 5.78. The van der Waals surface area contributed by atoms with Crippen molar-refractivity contribution in [2.45, 2.75) is 0 Å². The van der Waals surface area contributed by atoms with Gasteiger partial charge in [-0.1, -0.05) is 11.6 Å². The molecule has 0 bridgehead atoms. The van der Waals surface area contributed by atoms with Gasteiger partial charge in [-0.15, -0.1) is 16.4 Å². The van der Waals surface area contributed by atoms with Gasteiger partial charge in [0, 0.05) is 18.0 Å². The second-order valence-corrected chi connectivity index (χ2v) is 4.10. The largest absolute Gasteiger partial charge is 0.368 e. The number of nitrogen functional groups attached to an aromatic ring is 1. The molecule has 13 heavy (non-hydrogen) atoms. The van der Waals surface area contributed by atoms with E-state index in [9.17, 15) is 0 Å². The fourth-order valence-corrected chi connectivity index (χ4v) is 1.81. The zero-order valence-corrected chi connectivity index (χ0v) is 8.43. The van der Waals surface area contributed by atoms with E-state index in [1.54, 1.807) is 7.05 Å². The molecule has 4 nitrogen and oxygen atoms in total. The Hall–Kier alpha value is -1.07. The molecule has 2 aromatic heterocycles. The van der Waals surface area contributed by atoms with Crippen LogP contribution in [0.3, 0.4) is 0 Å². The van der Waals surface area contributed by atoms with Crippen molar-refractivity contribution in [1.82, 2.24) is 14.8 Å². The molecule has 0 atom stereocenters. The van der Waals surface area contributed by atoms with E-state index in [0.29, 0.717) is 11.8 Å². The van der Waals surface area contributed by atoms with Crippen LogP contribution in [-0.2, 0) is 7.05 Å². The molecule has 0 aliphatic carbocycles. The van der Waals surface area contributed by atoms with Gasteiger partial charge in [-0.25, -0.2) is 4.68 Å². The van der Waals surface area contributed by atoms with Gasteiger partial charge >= 0.3 is 0 Å². The minimum Gasteiger partial charge on any atom is -0.368 e. The van der Waals surface area contributed by atoms with Crippen molar-refractivity contribution in [1.29, 1.82) is 0 Å². The number of nitrogens with two attached hydrogens (primary N) is 1. The first-order valence-corrected chi connectivity index (χ1v) is 4.83. The predicted octanol–water partition coefficient (Wildman–Crippen LogP) is 1.78. The number of rotatable bonds is 1. The van der Waals surface area contributed by atoms with Crippen molar-refractivity contribution >= 4 is 28.9 Å². The average molecular weight is 215 g/mol. The Kier molecular flexibility index (Phi) is 1.97. The highest BCUT2D eigenvalue weighted by molar-refractivity contribution is 7.14. The van der Waals surface area contributed by atoms with Gasteiger partial charge in [0.25, 0.3) is 0 Å². The first-order valence-electron chi connectivity index (χ1n) is 3.58. The van der Waals surface area contributed by atoms with E-state index in [4.69, 9.17) is 17.3 Å². The Labute approximate surface area is 84.0 Å². The van der Waals surface area contributed by atoms with E-state index in [2.05, 4.69) is 10.1 Å². The molecule has 0 saturated carbocycles. The third-order valence-corrected chi connectivity index (χ3v) is 2.71. The molecule has 0 fully saturated rings. The fourth-order valence-electron chi connectivity index (χ4n) is 0.946. The van der Waals surface area contributed by atoms with Gasteiger partial charge in [0.2, 0.25) is 5.95 Å². The Morgan fingerprint density at radius 2 is 2.38 bits per heavy atom. The van der Waals surface area contributed by atoms with E-state index >= 15 is 0 Å². The lowest BCUT2D eigenvalue weighted by atomic mass is 10.3. The molecule has 0 aliphatic rings. The Morgan fingerprint density at radius 1 is 1.62 bits per heavy atom. The summed E-state index contributed by atoms with van der Waals surface area (Å²) in [6.07, 6.45) is 0. The van der Waals surface area contributed by atoms with Crippen molar-refractivity contribution in [2.75, 3.05) is 5.73 Å². The van der Waals surface area contributed by atoms with Crippen LogP contribution in [0.25, 0.3) is 11.4 Å². The Bertz CT molecular complexity index is 414. The monoisotopic (exact) mass is 214 g/mol. The number of aryl methyl sites for hydroxylation is 1. The van der Waals surface area contributed by atoms with Crippen molar-refractivity contribution in [3.8, 4) is 11.4 Å². The topological polar surface area (TPSA) is 56.7 Å². The van der Waals surface area contributed by atoms with E-state index in [1.807, 2.05) is 11.4 Å². The minimum absolute atomic E-state index is 0.400. The van der Waals surface area contributed by atoms with Crippen LogP contribution in [0.4, 0.5) is 5.95 Å². The van der Waals surface area contributed by atoms with Crippen LogP contribution in [0.5, 0.6) is 0 Å². The number of hydrogen-bond acceptors (Lipinski definition) is 4. The lowest BCUT2D eigenvalue weighted by Gasteiger charge is -1.85. The molecule has 68 valence electrons. The number of nitrogens with zero attached hydrogens (tertiary/aromatic N) is 3. The average Bonchev–Trinajstić information content (AvgIpc) is 2.61. The second kappa shape index (κ2) is 3.01. The maximum atomic E-state index is 5.78. The standard InChI is InChI=1S/C7H7ClN4S/c1-12-7(9)10-6(11-12)4-2-5(8)13-3-4/h2-3H,1H3,(H2,9,10,11). The summed E-state index contributed by atoms with van der Waals surface area (Å²) >= 11 is 7.23. The van der Waals surface area contributed by atoms with E-state index in [1.165, 1.54) is 16.0 Å². The van der Waals surface area contributed by atoms with Gasteiger partial charge in [-0.2, -0.15) is 4.98 Å². The lowest BCUT2D eigenvalue weighted by molar-refractivity contribution is 0.781. The molecular weight excluding hydrogens is 208 g/mol. The first-order chi connectivity index (χ1) is 6.16. The van der Waals surface area contributed by atoms with Gasteiger partial charge < -0.3 is 5.73 Å². The molecule has 0 aliphatic heterocycles. The summed E-state index contributed by atoms with van der Waals surface area (Å²) in [7, 11) is 1.75. The first kappa shape index (κ1) is 8.52. The molecule has 2 N–H and O–H groups in total. The fraction of sp³-hybridized carbons (Fsp3) is 0.143. The zero-order valence-electron chi connectivity index (χ0n) is 6.86. The predicted molar refractivity (Wildman–Crippen MR) is 53.7 cm³/mol. The highest BCUT2D eigenvalue weighted by Crippen LogP contribution is 2.26. The highest BCUT2D eigenvalue weighted by atomic mass is 35.5. The SMILES string of the molecule is Cn1nc(-c2csc(Cl)c2)nc1N. The van der Waals surface area contributed by atoms with Crippen LogP contribution < -0.4 is 5.73 Å². The molecule has 2 aromatic rings. The summed E-state index contributed by atoms with van der Waals surface area (Å²) in [6.45, 7) is 0. The molecule has 0 aromatic carbocycles. The number of hydrogen-bond donors (Lipinski definition) is 1. The van der Waals surface area contributed by atoms with Crippen molar-refractivity contribution in [2.24, 2.45) is 7.05 Å². The third kappa shape index (κ3) is 1.52. The summed E-state index contributed by atoms with van der Waals surface area (Å²) in [6, 6.07) is 1.82. The Balaban J connectivity index is 2.46. The minimum atomic E-state index is 0.400. The quantitative estimate of drug-likeness (QED) is 0.787. The van der Waals surface area contributed by atoms with E-state index in [-0.39, 0.29) is 0 Å². The van der Waals surface area contributed by atoms with Crippen LogP contribution >= 0.6 is 22.9 Å². The summed E-state index contributed by atoms with van der Waals surface area (Å²) in [5, 5.41) is 6.02. The molecule has 6 heteroatoms. The van der Waals surface area contributed by atoms with Crippen molar-refractivity contribution in [3.05, 3.63) is 15.8 Å². The molecule has 0 unspecified atom stereocenters. The third-order valence-electron chi connectivity index (χ3n) is 1.62. The molecule has 0 radical (unpaired) electrons. The van der Waals surface area contributed by atoms with E-state index in [0.717, 1.165) is 9.90 Å². The van der Waals surface area contributed by atoms with Crippen molar-refractivity contribution < 1.29 is 0 Å². The number of thiophene rings is 1. The van der Waals surface area contributed by atoms with Crippen LogP contribution in [-0.4, -0.2) is 14.8 Å². The zero-order chi connectivity index (χ0) is 9.42. The maximum Gasteiger partial charge on any atom is 0.218 e. The Morgan fingerprint density at radius 3 is 2.85 bits per heavy atom. The highest BCUT2D eigenvalue weighted by Gasteiger charge is 2.07. The number of anilines is 1. The number of aromatic nitrogens is 3. The van der Waals surface area contributed by atoms with Gasteiger partial charge in [0.15, 0.2) is 5.82 Å². The number of halogens is 1. The van der Waals surface area contributed by atoms with Crippen molar-refractivity contribution in [3.63, 3.8) is 0 Å². The van der Waals surface area contributed by atoms with Gasteiger partial charge in [-0.05, 0) is 6.07 Å². The van der Waals surface area contributed by atoms with Crippen LogP contribution in [0.1, 0.15) is 0 Å². The molecule has 0 spiro atoms. The van der Waals surface area contributed by atoms with Crippen LogP contribution in [0.2, 0.25) is 4.34 Å². The summed E-state index contributed by atoms with van der Waals surface area (Å²) < 4.78 is 2.25. The van der Waals surface area contributed by atoms with Crippen LogP contribution in [0.15, 0.2) is 11.4 Å². The van der Waals surface area contributed by atoms with Gasteiger partial charge in [0.05, 0.1) is 4.34 Å². The second-order valence-electron chi connectivity index (χ2n) is 2.56.